The molecule has 1 unspecified atom stereocenters. The predicted molar refractivity (Wildman–Crippen MR) is 552 cm³/mol. The Kier molecular flexibility index (Phi) is 28.4. The van der Waals surface area contributed by atoms with Crippen LogP contribution in [0.3, 0.4) is 0 Å². The molecule has 10 heterocycles. The van der Waals surface area contributed by atoms with Crippen molar-refractivity contribution in [3.8, 4) is 17.1 Å². The standard InChI is InChI=1S/C23H19ClN4O.C22H18F2N4O3.C21H18ClN5O.C20H18ClN5O.C20H14F2N4O2/c1-13(29)15-7-8-18-19-12-25-21(9-14-5-6-14)28-22(19)23(27-20(18)10-15)26-17-4-2-3-16(24)11-17;1-3-31-21-25-11-16-15-8-7-12(20(29)30)9-17(15)27-19(18(16)28-21)26-14-6-4-5-13(10-14)22(2,23)24;1-12(28)13-7-8-16-17-11-23-21(27(2)3)26-19(17)20(25-18(16)9-13)24-15-6-4-5-14(22)10-15;1-11(27)12-6-7-15-16-10-23-20(22-2)26-18(16)19(25-17(15)8-12)24-14-5-3-4-13(21)9-14;1-20(21,22)12-3-2-4-13(8-12)25-18-17-15(9-23-10-24-17)14-6-5-11(19(27)28)7-16(14)26-18/h2-4,7-8,10-12,14H,5-6,9H2,1H3,(H,26,27);4-11H,3H2,1-2H3,(H,26,27)(H,29,30);4-11H,1-3H3,(H,24,25);3-10,19,24-25H,1-2H3,(H,22,23,26);2-10H,1H3,(H,25,26)(H,27,28). The molecule has 1 atom stereocenters. The highest BCUT2D eigenvalue weighted by Crippen LogP contribution is 2.44. The number of anilines is 12. The van der Waals surface area contributed by atoms with Gasteiger partial charge in [0.25, 0.3) is 11.8 Å². The summed E-state index contributed by atoms with van der Waals surface area (Å²) in [4.78, 5) is 123. The van der Waals surface area contributed by atoms with Crippen LogP contribution < -0.4 is 46.9 Å². The van der Waals surface area contributed by atoms with Gasteiger partial charge >= 0.3 is 17.9 Å². The molecule has 0 saturated heterocycles. The minimum absolute atomic E-state index is 0.00708. The van der Waals surface area contributed by atoms with Gasteiger partial charge in [-0.3, -0.25) is 14.4 Å². The summed E-state index contributed by atoms with van der Waals surface area (Å²) in [6, 6.07) is 60.0. The van der Waals surface area contributed by atoms with Gasteiger partial charge in [0.2, 0.25) is 11.9 Å². The number of fused-ring (bicyclic) bond motifs is 15. The molecule has 0 amide bonds. The third kappa shape index (κ3) is 22.7. The van der Waals surface area contributed by atoms with Gasteiger partial charge in [0.1, 0.15) is 40.4 Å². The summed E-state index contributed by atoms with van der Waals surface area (Å²) in [7, 11) is 5.56. The second-order valence-corrected chi connectivity index (χ2v) is 35.2. The van der Waals surface area contributed by atoms with Gasteiger partial charge in [0.05, 0.1) is 45.5 Å². The SMILES string of the molecule is CC(=O)c1ccc2c(c1)nc(Nc1cccc(Cl)c1)c1nc(CC3CC3)ncc12.CC(=O)c1ccc2c(c1)nc(Nc1cccc(Cl)c1)c1nc(N(C)C)ncc12.CC(F)(F)c1cccc(Nc2nc3cc(C(=O)O)ccc3c3cncnc23)c1.CCOc1ncc2c(n1)c(Nc1cccc(C(C)(F)F)c1)nc1cc(C(=O)O)ccc12.CNc1ncc2c(n1)C(Nc1cccc(Cl)c1)Nc1cc(C(C)=O)ccc1-2. The van der Waals surface area contributed by atoms with Crippen LogP contribution in [0.15, 0.2) is 250 Å². The van der Waals surface area contributed by atoms with Crippen LogP contribution in [0.1, 0.15) is 135 Å². The second-order valence-electron chi connectivity index (χ2n) is 33.9. The van der Waals surface area contributed by atoms with Gasteiger partial charge in [-0.2, -0.15) is 4.98 Å². The van der Waals surface area contributed by atoms with E-state index in [0.29, 0.717) is 140 Å². The lowest BCUT2D eigenvalue weighted by molar-refractivity contribution is 0.0168. The van der Waals surface area contributed by atoms with Crippen LogP contribution in [0.2, 0.25) is 15.1 Å². The van der Waals surface area contributed by atoms with Crippen LogP contribution in [0.4, 0.5) is 86.9 Å². The largest absolute Gasteiger partial charge is 0.478 e. The Balaban J connectivity index is 0.000000123. The smallest absolute Gasteiger partial charge is 0.335 e. The number of carboxylic acids is 2. The average molecular weight is 1980 g/mol. The van der Waals surface area contributed by atoms with E-state index >= 15 is 0 Å². The summed E-state index contributed by atoms with van der Waals surface area (Å²) >= 11 is 18.4. The highest BCUT2D eigenvalue weighted by Gasteiger charge is 2.31. The quantitative estimate of drug-likeness (QED) is 0.0163. The zero-order valence-electron chi connectivity index (χ0n) is 77.9. The number of carbonyl (C=O) groups excluding carboxylic acids is 3. The molecule has 0 bridgehead atoms. The fourth-order valence-corrected chi connectivity index (χ4v) is 16.4. The first-order valence-electron chi connectivity index (χ1n) is 44.8. The molecule has 9 N–H and O–H groups in total. The Labute approximate surface area is 828 Å². The third-order valence-corrected chi connectivity index (χ3v) is 23.8. The molecule has 1 saturated carbocycles. The topological polar surface area (TPSA) is 403 Å². The molecule has 19 aromatic rings. The molecule has 143 heavy (non-hydrogen) atoms. The molecule has 1 aliphatic carbocycles. The molecule has 0 spiro atoms. The van der Waals surface area contributed by atoms with Gasteiger partial charge in [-0.1, -0.05) is 126 Å². The van der Waals surface area contributed by atoms with Crippen LogP contribution in [0, 0.1) is 5.92 Å². The average Bonchev–Trinajstić information content (AvgIpc) is 0.885. The molecule has 2 aliphatic rings. The molecule has 1 aliphatic heterocycles. The summed E-state index contributed by atoms with van der Waals surface area (Å²) in [6.07, 6.45) is 13.1. The van der Waals surface area contributed by atoms with Crippen molar-refractivity contribution >= 4 is 221 Å². The summed E-state index contributed by atoms with van der Waals surface area (Å²) < 4.78 is 60.2. The third-order valence-electron chi connectivity index (χ3n) is 23.1. The second kappa shape index (κ2) is 41.6. The first-order chi connectivity index (χ1) is 68.6. The molecular weight excluding hydrogens is 1890 g/mol. The Morgan fingerprint density at radius 3 is 1.32 bits per heavy atom. The number of pyridine rings is 4. The van der Waals surface area contributed by atoms with E-state index in [9.17, 15) is 51.7 Å². The van der Waals surface area contributed by atoms with Crippen molar-refractivity contribution in [2.75, 3.05) is 69.9 Å². The molecule has 10 aromatic carbocycles. The van der Waals surface area contributed by atoms with Crippen molar-refractivity contribution in [2.24, 2.45) is 5.92 Å². The van der Waals surface area contributed by atoms with Crippen molar-refractivity contribution in [1.29, 1.82) is 0 Å². The van der Waals surface area contributed by atoms with Gasteiger partial charge < -0.3 is 57.1 Å². The van der Waals surface area contributed by atoms with Gasteiger partial charge in [-0.05, 0) is 168 Å². The number of ether oxygens (including phenoxy) is 1. The fraction of sp³-hybridized carbons (Fsp3) is 0.160. The maximum Gasteiger partial charge on any atom is 0.335 e. The summed E-state index contributed by atoms with van der Waals surface area (Å²) in [5, 5.41) is 49.2. The van der Waals surface area contributed by atoms with E-state index < -0.39 is 23.8 Å². The number of nitrogens with zero attached hydrogens (tertiary/aromatic N) is 15. The number of ketones is 3. The number of nitrogens with one attached hydrogen (secondary N) is 7. The predicted octanol–water partition coefficient (Wildman–Crippen LogP) is 25.0. The van der Waals surface area contributed by atoms with Crippen molar-refractivity contribution in [3.05, 3.63) is 315 Å². The van der Waals surface area contributed by atoms with Crippen molar-refractivity contribution in [2.45, 2.75) is 78.8 Å². The van der Waals surface area contributed by atoms with E-state index in [1.807, 2.05) is 140 Å². The first-order valence-corrected chi connectivity index (χ1v) is 45.9. The van der Waals surface area contributed by atoms with Gasteiger partial charge in [-0.15, -0.1) is 0 Å². The number of aromatic nitrogens is 14. The number of rotatable bonds is 23. The highest BCUT2D eigenvalue weighted by atomic mass is 35.5. The van der Waals surface area contributed by atoms with Gasteiger partial charge in [0.15, 0.2) is 40.6 Å². The number of hydrogen-bond donors (Lipinski definition) is 9. The lowest BCUT2D eigenvalue weighted by Crippen LogP contribution is -2.26. The molecule has 0 radical (unpaired) electrons. The van der Waals surface area contributed by atoms with Crippen LogP contribution in [0.5, 0.6) is 6.01 Å². The number of halogens is 7. The highest BCUT2D eigenvalue weighted by molar-refractivity contribution is 6.31. The number of alkyl halides is 4. The monoisotopic (exact) mass is 1980 g/mol. The Hall–Kier alpha value is -17.0. The van der Waals surface area contributed by atoms with Crippen LogP contribution in [-0.2, 0) is 18.3 Å². The van der Waals surface area contributed by atoms with E-state index in [4.69, 9.17) is 59.5 Å². The molecule has 9 aromatic heterocycles. The van der Waals surface area contributed by atoms with Gasteiger partial charge in [0, 0.05) is 204 Å². The molecule has 718 valence electrons. The van der Waals surface area contributed by atoms with E-state index in [2.05, 4.69) is 87.1 Å². The lowest BCUT2D eigenvalue weighted by Gasteiger charge is -2.30. The Morgan fingerprint density at radius 2 is 0.860 bits per heavy atom. The number of aromatic carboxylic acids is 2. The number of carboxylic acid groups (broad SMARTS) is 2. The molecule has 30 nitrogen and oxygen atoms in total. The maximum absolute atomic E-state index is 13.8. The van der Waals surface area contributed by atoms with E-state index in [-0.39, 0.29) is 57.6 Å². The molecule has 1 fully saturated rings. The van der Waals surface area contributed by atoms with Crippen LogP contribution >= 0.6 is 34.8 Å². The van der Waals surface area contributed by atoms with E-state index in [0.717, 1.165) is 98.2 Å². The normalized spacial score (nSPS) is 12.5. The van der Waals surface area contributed by atoms with Crippen molar-refractivity contribution in [3.63, 3.8) is 0 Å². The summed E-state index contributed by atoms with van der Waals surface area (Å²) in [6.45, 7) is 8.48. The van der Waals surface area contributed by atoms with Crippen molar-refractivity contribution in [1.82, 2.24) is 69.8 Å². The van der Waals surface area contributed by atoms with E-state index in [1.54, 1.807) is 95.9 Å². The number of carbonyl (C=O) groups is 5. The number of hydrogen-bond acceptors (Lipinski definition) is 28. The van der Waals surface area contributed by atoms with E-state index in [1.165, 1.54) is 79.8 Å². The zero-order valence-corrected chi connectivity index (χ0v) is 80.1. The lowest BCUT2D eigenvalue weighted by atomic mass is 9.95. The zero-order chi connectivity index (χ0) is 101. The Morgan fingerprint density at radius 1 is 0.441 bits per heavy atom. The summed E-state index contributed by atoms with van der Waals surface area (Å²) in [5.41, 5.74) is 13.3. The Bertz CT molecular complexity index is 8270. The van der Waals surface area contributed by atoms with Gasteiger partial charge in [-0.25, -0.2) is 91.9 Å². The molecular formula is C106H87Cl3F4N22O8. The minimum Gasteiger partial charge on any atom is -0.478 e. The van der Waals surface area contributed by atoms with Crippen molar-refractivity contribution < 1.29 is 56.5 Å². The number of benzene rings is 10. The fourth-order valence-electron chi connectivity index (χ4n) is 15.8. The molecule has 37 heteroatoms. The molecule has 21 rings (SSSR count). The maximum atomic E-state index is 13.8. The first kappa shape index (κ1) is 97.7. The minimum atomic E-state index is -3.00. The summed E-state index contributed by atoms with van der Waals surface area (Å²) in [5.74, 6) is -3.64. The number of Topliss-reactive ketones (excluding diaryl/α,β-unsaturated/α-hetero) is 3. The van der Waals surface area contributed by atoms with Crippen LogP contribution in [0.25, 0.3) is 98.4 Å². The van der Waals surface area contributed by atoms with Crippen LogP contribution in [-0.4, -0.2) is 137 Å².